The van der Waals surface area contributed by atoms with E-state index < -0.39 is 0 Å². The van der Waals surface area contributed by atoms with Gasteiger partial charge in [-0.1, -0.05) is 0 Å². The molecule has 9 heteroatoms. The lowest BCUT2D eigenvalue weighted by Gasteiger charge is -2.31. The zero-order valence-electron chi connectivity index (χ0n) is 18.8. The van der Waals surface area contributed by atoms with Crippen molar-refractivity contribution in [3.05, 3.63) is 72.1 Å². The summed E-state index contributed by atoms with van der Waals surface area (Å²) in [6.45, 7) is 3.35. The van der Waals surface area contributed by atoms with Crippen molar-refractivity contribution in [2.24, 2.45) is 5.92 Å². The first-order valence-electron chi connectivity index (χ1n) is 11.8. The van der Waals surface area contributed by atoms with E-state index in [4.69, 9.17) is 5.10 Å². The smallest absolute Gasteiger partial charge is 0.262 e. The second kappa shape index (κ2) is 8.64. The summed E-state index contributed by atoms with van der Waals surface area (Å²) in [7, 11) is 0. The Balaban J connectivity index is 1.27. The first-order chi connectivity index (χ1) is 16.6. The van der Waals surface area contributed by atoms with E-state index in [0.717, 1.165) is 37.5 Å². The number of nitrogens with zero attached hydrogens (tertiary/aromatic N) is 6. The highest BCUT2D eigenvalue weighted by atomic mass is 19.1. The van der Waals surface area contributed by atoms with Gasteiger partial charge in [-0.3, -0.25) is 4.79 Å². The van der Waals surface area contributed by atoms with E-state index >= 15 is 0 Å². The quantitative estimate of drug-likeness (QED) is 0.473. The number of amides is 1. The number of aromatic nitrogens is 5. The summed E-state index contributed by atoms with van der Waals surface area (Å²) < 4.78 is 16.8. The van der Waals surface area contributed by atoms with Gasteiger partial charge in [0.1, 0.15) is 17.2 Å². The summed E-state index contributed by atoms with van der Waals surface area (Å²) in [5.41, 5.74) is 2.49. The summed E-state index contributed by atoms with van der Waals surface area (Å²) >= 11 is 0. The number of hydrogen-bond donors (Lipinski definition) is 1. The average molecular weight is 460 g/mol. The van der Waals surface area contributed by atoms with Crippen LogP contribution in [0.1, 0.15) is 47.7 Å². The van der Waals surface area contributed by atoms with Crippen molar-refractivity contribution in [2.45, 2.75) is 31.6 Å². The molecule has 1 aromatic carbocycles. The predicted molar refractivity (Wildman–Crippen MR) is 126 cm³/mol. The van der Waals surface area contributed by atoms with Crippen LogP contribution in [0.4, 0.5) is 10.2 Å². The third kappa shape index (κ3) is 4.19. The minimum Gasteiger partial charge on any atom is -0.306 e. The number of benzene rings is 1. The SMILES string of the molecule is O=C(Nc1cc(C2CCN(CC3CC3)CC2)nn1-c1ccc(F)cc1)c1cnn2cccnc12. The Kier molecular flexibility index (Phi) is 5.33. The summed E-state index contributed by atoms with van der Waals surface area (Å²) in [5.74, 6) is 1.13. The molecule has 34 heavy (non-hydrogen) atoms. The number of fused-ring (bicyclic) bond motifs is 1. The van der Waals surface area contributed by atoms with Crippen molar-refractivity contribution in [1.82, 2.24) is 29.3 Å². The highest BCUT2D eigenvalue weighted by Gasteiger charge is 2.29. The van der Waals surface area contributed by atoms with Crippen molar-refractivity contribution in [3.63, 3.8) is 0 Å². The molecular formula is C25H26FN7O. The van der Waals surface area contributed by atoms with Crippen molar-refractivity contribution < 1.29 is 9.18 Å². The molecule has 8 nitrogen and oxygen atoms in total. The van der Waals surface area contributed by atoms with Crippen LogP contribution in [0.3, 0.4) is 0 Å². The monoisotopic (exact) mass is 459 g/mol. The predicted octanol–water partition coefficient (Wildman–Crippen LogP) is 3.90. The molecule has 0 spiro atoms. The van der Waals surface area contributed by atoms with Crippen LogP contribution >= 0.6 is 0 Å². The number of hydrogen-bond acceptors (Lipinski definition) is 5. The van der Waals surface area contributed by atoms with Gasteiger partial charge in [0.25, 0.3) is 5.91 Å². The summed E-state index contributed by atoms with van der Waals surface area (Å²) in [6.07, 6.45) is 9.70. The molecule has 2 fully saturated rings. The number of likely N-dealkylation sites (tertiary alicyclic amines) is 1. The standard InChI is InChI=1S/C25H26FN7O/c26-19-4-6-20(7-5-19)33-23(29-25(34)21-15-28-32-11-1-10-27-24(21)32)14-22(30-33)18-8-12-31(13-9-18)16-17-2-3-17/h1,4-7,10-11,14-15,17-18H,2-3,8-9,12-13,16H2,(H,29,34). The molecule has 174 valence electrons. The van der Waals surface area contributed by atoms with Crippen molar-refractivity contribution >= 4 is 17.4 Å². The molecule has 4 aromatic rings. The lowest BCUT2D eigenvalue weighted by atomic mass is 9.93. The van der Waals surface area contributed by atoms with E-state index in [1.165, 1.54) is 37.7 Å². The molecule has 1 aliphatic heterocycles. The van der Waals surface area contributed by atoms with Gasteiger partial charge in [0, 0.05) is 30.9 Å². The Bertz CT molecular complexity index is 1320. The third-order valence-electron chi connectivity index (χ3n) is 6.78. The van der Waals surface area contributed by atoms with Crippen LogP contribution in [0.2, 0.25) is 0 Å². The van der Waals surface area contributed by atoms with Gasteiger partial charge >= 0.3 is 0 Å². The number of carbonyl (C=O) groups is 1. The molecule has 1 N–H and O–H groups in total. The maximum atomic E-state index is 13.6. The Morgan fingerprint density at radius 3 is 2.68 bits per heavy atom. The molecule has 6 rings (SSSR count). The zero-order chi connectivity index (χ0) is 23.1. The van der Waals surface area contributed by atoms with E-state index in [-0.39, 0.29) is 11.7 Å². The van der Waals surface area contributed by atoms with Crippen LogP contribution in [0.5, 0.6) is 0 Å². The number of nitrogens with one attached hydrogen (secondary N) is 1. The molecule has 3 aromatic heterocycles. The molecule has 1 saturated heterocycles. The van der Waals surface area contributed by atoms with Crippen molar-refractivity contribution in [2.75, 3.05) is 25.0 Å². The fourth-order valence-electron chi connectivity index (χ4n) is 4.71. The molecular weight excluding hydrogens is 433 g/mol. The van der Waals surface area contributed by atoms with E-state index in [1.807, 2.05) is 6.07 Å². The summed E-state index contributed by atoms with van der Waals surface area (Å²) in [6, 6.07) is 9.82. The van der Waals surface area contributed by atoms with Crippen LogP contribution in [0, 0.1) is 11.7 Å². The Hall–Kier alpha value is -3.59. The molecule has 1 aliphatic carbocycles. The highest BCUT2D eigenvalue weighted by Crippen LogP contribution is 2.34. The zero-order valence-corrected chi connectivity index (χ0v) is 18.8. The number of anilines is 1. The molecule has 0 atom stereocenters. The van der Waals surface area contributed by atoms with Gasteiger partial charge in [-0.25, -0.2) is 18.6 Å². The molecule has 1 amide bonds. The van der Waals surface area contributed by atoms with Crippen LogP contribution in [0.15, 0.2) is 55.0 Å². The molecule has 1 saturated carbocycles. The van der Waals surface area contributed by atoms with Crippen LogP contribution in [-0.2, 0) is 0 Å². The molecule has 2 aliphatic rings. The first kappa shape index (κ1) is 21.0. The highest BCUT2D eigenvalue weighted by molar-refractivity contribution is 6.07. The Morgan fingerprint density at radius 2 is 1.91 bits per heavy atom. The maximum absolute atomic E-state index is 13.6. The van der Waals surface area contributed by atoms with Gasteiger partial charge < -0.3 is 10.2 Å². The number of carbonyl (C=O) groups excluding carboxylic acids is 1. The molecule has 0 unspecified atom stereocenters. The van der Waals surface area contributed by atoms with Crippen molar-refractivity contribution in [3.8, 4) is 5.69 Å². The van der Waals surface area contributed by atoms with Gasteiger partial charge in [0.05, 0.1) is 17.6 Å². The third-order valence-corrected chi connectivity index (χ3v) is 6.78. The Labute approximate surface area is 196 Å². The number of piperidine rings is 1. The second-order valence-electron chi connectivity index (χ2n) is 9.26. The summed E-state index contributed by atoms with van der Waals surface area (Å²) in [5, 5.41) is 12.0. The fourth-order valence-corrected chi connectivity index (χ4v) is 4.71. The van der Waals surface area contributed by atoms with Gasteiger partial charge in [-0.2, -0.15) is 10.2 Å². The van der Waals surface area contributed by atoms with E-state index in [0.29, 0.717) is 28.6 Å². The maximum Gasteiger partial charge on any atom is 0.262 e. The minimum atomic E-state index is -0.317. The minimum absolute atomic E-state index is 0.317. The normalized spacial score (nSPS) is 17.3. The summed E-state index contributed by atoms with van der Waals surface area (Å²) in [4.78, 5) is 20.0. The first-order valence-corrected chi connectivity index (χ1v) is 11.8. The lowest BCUT2D eigenvalue weighted by Crippen LogP contribution is -2.34. The number of rotatable bonds is 6. The van der Waals surface area contributed by atoms with E-state index in [2.05, 4.69) is 20.3 Å². The van der Waals surface area contributed by atoms with Crippen LogP contribution < -0.4 is 5.32 Å². The average Bonchev–Trinajstić information content (AvgIpc) is 3.41. The van der Waals surface area contributed by atoms with E-state index in [9.17, 15) is 9.18 Å². The van der Waals surface area contributed by atoms with Gasteiger partial charge in [-0.05, 0) is 75.0 Å². The van der Waals surface area contributed by atoms with Gasteiger partial charge in [-0.15, -0.1) is 0 Å². The largest absolute Gasteiger partial charge is 0.306 e. The van der Waals surface area contributed by atoms with Crippen LogP contribution in [0.25, 0.3) is 11.3 Å². The number of halogens is 1. The van der Waals surface area contributed by atoms with Gasteiger partial charge in [0.15, 0.2) is 5.65 Å². The molecule has 0 bridgehead atoms. The van der Waals surface area contributed by atoms with E-state index in [1.54, 1.807) is 39.8 Å². The second-order valence-corrected chi connectivity index (χ2v) is 9.26. The van der Waals surface area contributed by atoms with Crippen LogP contribution in [-0.4, -0.2) is 54.8 Å². The lowest BCUT2D eigenvalue weighted by molar-refractivity contribution is 0.102. The topological polar surface area (TPSA) is 80.4 Å². The molecule has 0 radical (unpaired) electrons. The molecule has 4 heterocycles. The van der Waals surface area contributed by atoms with Gasteiger partial charge in [0.2, 0.25) is 0 Å². The Morgan fingerprint density at radius 1 is 1.12 bits per heavy atom. The fraction of sp³-hybridized carbons (Fsp3) is 0.360. The van der Waals surface area contributed by atoms with Crippen molar-refractivity contribution in [1.29, 1.82) is 0 Å².